The van der Waals surface area contributed by atoms with Gasteiger partial charge in [0.05, 0.1) is 17.3 Å². The van der Waals surface area contributed by atoms with E-state index < -0.39 is 17.2 Å². The molecule has 23 heavy (non-hydrogen) atoms. The van der Waals surface area contributed by atoms with Crippen molar-refractivity contribution in [2.45, 2.75) is 0 Å². The van der Waals surface area contributed by atoms with E-state index in [0.717, 1.165) is 15.2 Å². The van der Waals surface area contributed by atoms with E-state index in [1.165, 1.54) is 22.8 Å². The summed E-state index contributed by atoms with van der Waals surface area (Å²) in [4.78, 5) is 45.0. The van der Waals surface area contributed by atoms with Gasteiger partial charge in [-0.2, -0.15) is 9.38 Å². The SMILES string of the molecule is COC(=O)c1cc(=O)n2c(=O)n3c(nc2n1)sc1ccccc13. The minimum absolute atomic E-state index is 0.130. The van der Waals surface area contributed by atoms with Gasteiger partial charge in [0.15, 0.2) is 5.69 Å². The minimum Gasteiger partial charge on any atom is -0.464 e. The zero-order chi connectivity index (χ0) is 16.1. The standard InChI is InChI=1S/C14H8N4O4S/c1-22-11(20)7-6-10(19)18-12(15-7)16-13-17(14(18)21)8-4-2-3-5-9(8)23-13/h2-6H,1H3. The number of fused-ring (bicyclic) bond motifs is 4. The van der Waals surface area contributed by atoms with Crippen LogP contribution < -0.4 is 11.2 Å². The molecule has 0 unspecified atom stereocenters. The number of nitrogens with zero attached hydrogens (tertiary/aromatic N) is 4. The highest BCUT2D eigenvalue weighted by atomic mass is 32.1. The molecule has 0 fully saturated rings. The smallest absolute Gasteiger partial charge is 0.357 e. The van der Waals surface area contributed by atoms with Gasteiger partial charge in [-0.25, -0.2) is 19.0 Å². The molecule has 0 aliphatic rings. The number of methoxy groups -OCH3 is 1. The number of ether oxygens (including phenoxy) is 1. The first-order chi connectivity index (χ1) is 11.1. The lowest BCUT2D eigenvalue weighted by molar-refractivity contribution is 0.0594. The maximum Gasteiger partial charge on any atom is 0.357 e. The lowest BCUT2D eigenvalue weighted by Crippen LogP contribution is -2.33. The number of benzene rings is 1. The first kappa shape index (κ1) is 13.6. The number of para-hydroxylation sites is 1. The van der Waals surface area contributed by atoms with Crippen LogP contribution in [0.4, 0.5) is 0 Å². The average molecular weight is 328 g/mol. The Morgan fingerprint density at radius 2 is 1.96 bits per heavy atom. The van der Waals surface area contributed by atoms with Crippen LogP contribution in [-0.2, 0) is 4.74 Å². The molecule has 0 aliphatic heterocycles. The van der Waals surface area contributed by atoms with Gasteiger partial charge in [0.2, 0.25) is 10.7 Å². The molecule has 4 rings (SSSR count). The van der Waals surface area contributed by atoms with Crippen LogP contribution in [0.3, 0.4) is 0 Å². The van der Waals surface area contributed by atoms with E-state index in [9.17, 15) is 14.4 Å². The molecular formula is C14H8N4O4S. The zero-order valence-corrected chi connectivity index (χ0v) is 12.5. The third-order valence-electron chi connectivity index (χ3n) is 3.37. The minimum atomic E-state index is -0.761. The van der Waals surface area contributed by atoms with E-state index in [0.29, 0.717) is 10.5 Å². The van der Waals surface area contributed by atoms with Crippen LogP contribution in [0.1, 0.15) is 10.5 Å². The molecule has 9 heteroatoms. The molecule has 3 heterocycles. The molecule has 0 saturated carbocycles. The molecule has 0 aliphatic carbocycles. The van der Waals surface area contributed by atoms with Crippen LogP contribution >= 0.6 is 11.3 Å². The Morgan fingerprint density at radius 1 is 1.17 bits per heavy atom. The molecule has 0 N–H and O–H groups in total. The van der Waals surface area contributed by atoms with Crippen molar-refractivity contribution in [2.75, 3.05) is 7.11 Å². The molecule has 3 aromatic heterocycles. The number of hydrogen-bond donors (Lipinski definition) is 0. The summed E-state index contributed by atoms with van der Waals surface area (Å²) in [6.45, 7) is 0. The van der Waals surface area contributed by atoms with Crippen molar-refractivity contribution < 1.29 is 9.53 Å². The molecule has 0 atom stereocenters. The second-order valence-electron chi connectivity index (χ2n) is 4.69. The molecule has 1 aromatic carbocycles. The van der Waals surface area contributed by atoms with Crippen molar-refractivity contribution in [3.63, 3.8) is 0 Å². The highest BCUT2D eigenvalue weighted by molar-refractivity contribution is 7.23. The summed E-state index contributed by atoms with van der Waals surface area (Å²) in [6, 6.07) is 8.24. The second-order valence-corrected chi connectivity index (χ2v) is 5.70. The Labute approximate surface area is 131 Å². The fourth-order valence-corrected chi connectivity index (χ4v) is 3.35. The van der Waals surface area contributed by atoms with E-state index >= 15 is 0 Å². The number of carbonyl (C=O) groups is 1. The number of esters is 1. The maximum atomic E-state index is 12.7. The van der Waals surface area contributed by atoms with Gasteiger partial charge >= 0.3 is 11.7 Å². The monoisotopic (exact) mass is 328 g/mol. The van der Waals surface area contributed by atoms with Crippen LogP contribution in [0, 0.1) is 0 Å². The van der Waals surface area contributed by atoms with E-state index in [1.54, 1.807) is 12.1 Å². The molecule has 4 aromatic rings. The van der Waals surface area contributed by atoms with Crippen LogP contribution in [0.25, 0.3) is 21.0 Å². The lowest BCUT2D eigenvalue weighted by Gasteiger charge is -2.02. The topological polar surface area (TPSA) is 95.0 Å². The predicted octanol–water partition coefficient (Wildman–Crippen LogP) is 0.704. The van der Waals surface area contributed by atoms with Crippen molar-refractivity contribution in [3.05, 3.63) is 56.9 Å². The van der Waals surface area contributed by atoms with Gasteiger partial charge in [0.1, 0.15) is 0 Å². The largest absolute Gasteiger partial charge is 0.464 e. The van der Waals surface area contributed by atoms with Crippen LogP contribution in [0.2, 0.25) is 0 Å². The maximum absolute atomic E-state index is 12.7. The second kappa shape index (κ2) is 4.71. The molecule has 0 amide bonds. The van der Waals surface area contributed by atoms with Crippen molar-refractivity contribution in [3.8, 4) is 0 Å². The first-order valence-electron chi connectivity index (χ1n) is 6.52. The molecule has 0 bridgehead atoms. The van der Waals surface area contributed by atoms with Gasteiger partial charge in [0.25, 0.3) is 5.56 Å². The Hall–Kier alpha value is -3.07. The molecule has 0 spiro atoms. The summed E-state index contributed by atoms with van der Waals surface area (Å²) in [5.74, 6) is -0.891. The van der Waals surface area contributed by atoms with Gasteiger partial charge in [-0.3, -0.25) is 4.79 Å². The molecular weight excluding hydrogens is 320 g/mol. The summed E-state index contributed by atoms with van der Waals surface area (Å²) in [5.41, 5.74) is -0.778. The number of hydrogen-bond acceptors (Lipinski definition) is 7. The first-order valence-corrected chi connectivity index (χ1v) is 7.34. The molecule has 114 valence electrons. The van der Waals surface area contributed by atoms with Crippen LogP contribution in [-0.4, -0.2) is 31.8 Å². The van der Waals surface area contributed by atoms with Gasteiger partial charge in [0, 0.05) is 6.07 Å². The Morgan fingerprint density at radius 3 is 2.74 bits per heavy atom. The van der Waals surface area contributed by atoms with Gasteiger partial charge in [-0.1, -0.05) is 23.5 Å². The Bertz CT molecular complexity index is 1220. The number of rotatable bonds is 1. The van der Waals surface area contributed by atoms with E-state index in [2.05, 4.69) is 14.7 Å². The van der Waals surface area contributed by atoms with Crippen LogP contribution in [0.15, 0.2) is 39.9 Å². The Kier molecular flexibility index (Phi) is 2.78. The zero-order valence-electron chi connectivity index (χ0n) is 11.7. The van der Waals surface area contributed by atoms with E-state index in [4.69, 9.17) is 0 Å². The van der Waals surface area contributed by atoms with Gasteiger partial charge in [-0.15, -0.1) is 0 Å². The number of carbonyl (C=O) groups excluding carboxylic acids is 1. The summed E-state index contributed by atoms with van der Waals surface area (Å²) in [6.07, 6.45) is 0. The highest BCUT2D eigenvalue weighted by Crippen LogP contribution is 2.23. The third-order valence-corrected chi connectivity index (χ3v) is 4.39. The molecule has 0 saturated heterocycles. The highest BCUT2D eigenvalue weighted by Gasteiger charge is 2.16. The quantitative estimate of drug-likeness (QED) is 0.477. The Balaban J connectivity index is 2.21. The predicted molar refractivity (Wildman–Crippen MR) is 83.2 cm³/mol. The summed E-state index contributed by atoms with van der Waals surface area (Å²) >= 11 is 1.30. The van der Waals surface area contributed by atoms with Crippen molar-refractivity contribution in [1.82, 2.24) is 18.8 Å². The normalized spacial score (nSPS) is 11.3. The lowest BCUT2D eigenvalue weighted by atomic mass is 10.3. The number of thiazole rings is 1. The van der Waals surface area contributed by atoms with Crippen molar-refractivity contribution in [2.24, 2.45) is 0 Å². The fraction of sp³-hybridized carbons (Fsp3) is 0.0714. The van der Waals surface area contributed by atoms with Gasteiger partial charge < -0.3 is 4.74 Å². The van der Waals surface area contributed by atoms with Gasteiger partial charge in [-0.05, 0) is 12.1 Å². The summed E-state index contributed by atoms with van der Waals surface area (Å²) < 4.78 is 7.59. The van der Waals surface area contributed by atoms with Crippen molar-refractivity contribution in [1.29, 1.82) is 0 Å². The molecule has 0 radical (unpaired) electrons. The van der Waals surface area contributed by atoms with Crippen molar-refractivity contribution >= 4 is 38.3 Å². The summed E-state index contributed by atoms with van der Waals surface area (Å²) in [7, 11) is 1.18. The third kappa shape index (κ3) is 1.87. The van der Waals surface area contributed by atoms with E-state index in [-0.39, 0.29) is 11.5 Å². The van der Waals surface area contributed by atoms with E-state index in [1.807, 2.05) is 12.1 Å². The number of aromatic nitrogens is 4. The fourth-order valence-electron chi connectivity index (χ4n) is 2.35. The molecule has 8 nitrogen and oxygen atoms in total. The summed E-state index contributed by atoms with van der Waals surface area (Å²) in [5, 5.41) is 0. The van der Waals surface area contributed by atoms with Crippen LogP contribution in [0.5, 0.6) is 0 Å². The average Bonchev–Trinajstić information content (AvgIpc) is 2.91.